The largest absolute Gasteiger partial charge is 0.349 e. The number of aromatic nitrogens is 1. The normalized spacial score (nSPS) is 10.4. The molecule has 5 nitrogen and oxygen atoms in total. The van der Waals surface area contributed by atoms with Crippen molar-refractivity contribution in [3.8, 4) is 0 Å². The Morgan fingerprint density at radius 3 is 2.27 bits per heavy atom. The molecule has 0 atom stereocenters. The van der Waals surface area contributed by atoms with Crippen LogP contribution < -0.4 is 10.6 Å². The van der Waals surface area contributed by atoms with E-state index in [4.69, 9.17) is 0 Å². The summed E-state index contributed by atoms with van der Waals surface area (Å²) in [5.74, 6) is -0.289. The highest BCUT2D eigenvalue weighted by Gasteiger charge is 2.15. The van der Waals surface area contributed by atoms with Crippen molar-refractivity contribution in [3.63, 3.8) is 0 Å². The number of carbonyl (C=O) groups excluding carboxylic acids is 2. The molecule has 22 heavy (non-hydrogen) atoms. The quantitative estimate of drug-likeness (QED) is 0.909. The topological polar surface area (TPSA) is 63.1 Å². The third kappa shape index (κ3) is 3.36. The van der Waals surface area contributed by atoms with Gasteiger partial charge in [0.05, 0.1) is 5.56 Å². The van der Waals surface area contributed by atoms with E-state index in [0.717, 1.165) is 17.9 Å². The van der Waals surface area contributed by atoms with Gasteiger partial charge in [0, 0.05) is 36.2 Å². The molecule has 0 bridgehead atoms. The maximum absolute atomic E-state index is 12.4. The molecule has 116 valence electrons. The minimum absolute atomic E-state index is 0.144. The van der Waals surface area contributed by atoms with Crippen molar-refractivity contribution in [1.82, 2.24) is 4.57 Å². The molecule has 0 fully saturated rings. The van der Waals surface area contributed by atoms with Crippen molar-refractivity contribution in [2.45, 2.75) is 34.2 Å². The maximum Gasteiger partial charge on any atom is 0.257 e. The Kier molecular flexibility index (Phi) is 4.65. The summed E-state index contributed by atoms with van der Waals surface area (Å²) in [7, 11) is 0. The van der Waals surface area contributed by atoms with Gasteiger partial charge in [0.15, 0.2) is 0 Å². The number of hydrogen-bond donors (Lipinski definition) is 2. The zero-order valence-electron chi connectivity index (χ0n) is 13.4. The van der Waals surface area contributed by atoms with E-state index in [-0.39, 0.29) is 11.8 Å². The summed E-state index contributed by atoms with van der Waals surface area (Å²) in [6, 6.07) is 8.99. The number of anilines is 2. The zero-order chi connectivity index (χ0) is 16.3. The number of hydrogen-bond acceptors (Lipinski definition) is 2. The Morgan fingerprint density at radius 1 is 1.09 bits per heavy atom. The van der Waals surface area contributed by atoms with Crippen LogP contribution in [0.3, 0.4) is 0 Å². The second kappa shape index (κ2) is 6.47. The van der Waals surface area contributed by atoms with E-state index in [9.17, 15) is 9.59 Å². The SMILES string of the molecule is CCn1c(C)cc(C(=O)Nc2cccc(NC(C)=O)c2)c1C. The summed E-state index contributed by atoms with van der Waals surface area (Å²) >= 11 is 0. The lowest BCUT2D eigenvalue weighted by Crippen LogP contribution is -2.13. The molecule has 5 heteroatoms. The van der Waals surface area contributed by atoms with E-state index in [1.54, 1.807) is 24.3 Å². The number of amides is 2. The van der Waals surface area contributed by atoms with Gasteiger partial charge in [-0.2, -0.15) is 0 Å². The highest BCUT2D eigenvalue weighted by Crippen LogP contribution is 2.19. The minimum atomic E-state index is -0.146. The fraction of sp³-hybridized carbons (Fsp3) is 0.294. The number of nitrogens with zero attached hydrogens (tertiary/aromatic N) is 1. The fourth-order valence-electron chi connectivity index (χ4n) is 2.59. The van der Waals surface area contributed by atoms with Crippen molar-refractivity contribution < 1.29 is 9.59 Å². The lowest BCUT2D eigenvalue weighted by atomic mass is 10.2. The van der Waals surface area contributed by atoms with E-state index in [0.29, 0.717) is 16.9 Å². The third-order valence-electron chi connectivity index (χ3n) is 3.58. The molecule has 0 saturated carbocycles. The molecule has 1 aromatic heterocycles. The van der Waals surface area contributed by atoms with Crippen LogP contribution in [0, 0.1) is 13.8 Å². The van der Waals surface area contributed by atoms with Gasteiger partial charge in [-0.25, -0.2) is 0 Å². The fourth-order valence-corrected chi connectivity index (χ4v) is 2.59. The molecule has 2 amide bonds. The summed E-state index contributed by atoms with van der Waals surface area (Å²) in [6.07, 6.45) is 0. The molecule has 1 aromatic carbocycles. The highest BCUT2D eigenvalue weighted by atomic mass is 16.2. The molecule has 2 rings (SSSR count). The highest BCUT2D eigenvalue weighted by molar-refractivity contribution is 6.05. The van der Waals surface area contributed by atoms with E-state index >= 15 is 0 Å². The number of carbonyl (C=O) groups is 2. The first-order valence-corrected chi connectivity index (χ1v) is 7.28. The third-order valence-corrected chi connectivity index (χ3v) is 3.58. The average molecular weight is 299 g/mol. The molecule has 2 aromatic rings. The van der Waals surface area contributed by atoms with Crippen LogP contribution in [0.5, 0.6) is 0 Å². The maximum atomic E-state index is 12.4. The van der Waals surface area contributed by atoms with Crippen LogP contribution >= 0.6 is 0 Å². The van der Waals surface area contributed by atoms with Gasteiger partial charge < -0.3 is 15.2 Å². The standard InChI is InChI=1S/C17H21N3O2/c1-5-20-11(2)9-16(12(20)3)17(22)19-15-8-6-7-14(10-15)18-13(4)21/h6-10H,5H2,1-4H3,(H,18,21)(H,19,22). The second-order valence-corrected chi connectivity index (χ2v) is 5.25. The number of aryl methyl sites for hydroxylation is 1. The molecular weight excluding hydrogens is 278 g/mol. The summed E-state index contributed by atoms with van der Waals surface area (Å²) in [5.41, 5.74) is 4.00. The molecule has 0 spiro atoms. The van der Waals surface area contributed by atoms with E-state index in [1.807, 2.05) is 19.9 Å². The Balaban J connectivity index is 2.20. The molecule has 0 unspecified atom stereocenters. The molecule has 0 aliphatic rings. The van der Waals surface area contributed by atoms with Crippen LogP contribution in [-0.2, 0) is 11.3 Å². The lowest BCUT2D eigenvalue weighted by molar-refractivity contribution is -0.114. The number of rotatable bonds is 4. The molecule has 2 N–H and O–H groups in total. The van der Waals surface area contributed by atoms with Gasteiger partial charge in [-0.3, -0.25) is 9.59 Å². The first-order valence-electron chi connectivity index (χ1n) is 7.28. The van der Waals surface area contributed by atoms with Crippen LogP contribution in [0.1, 0.15) is 35.6 Å². The molecule has 0 aliphatic heterocycles. The predicted octanol–water partition coefficient (Wildman–Crippen LogP) is 3.34. The van der Waals surface area contributed by atoms with Gasteiger partial charge in [0.2, 0.25) is 5.91 Å². The molecule has 0 radical (unpaired) electrons. The van der Waals surface area contributed by atoms with Crippen molar-refractivity contribution in [1.29, 1.82) is 0 Å². The van der Waals surface area contributed by atoms with Crippen LogP contribution in [0.2, 0.25) is 0 Å². The van der Waals surface area contributed by atoms with E-state index in [2.05, 4.69) is 22.1 Å². The van der Waals surface area contributed by atoms with E-state index < -0.39 is 0 Å². The van der Waals surface area contributed by atoms with Gasteiger partial charge in [0.25, 0.3) is 5.91 Å². The van der Waals surface area contributed by atoms with Gasteiger partial charge in [-0.05, 0) is 45.0 Å². The number of benzene rings is 1. The van der Waals surface area contributed by atoms with E-state index in [1.165, 1.54) is 6.92 Å². The monoisotopic (exact) mass is 299 g/mol. The molecular formula is C17H21N3O2. The minimum Gasteiger partial charge on any atom is -0.349 e. The second-order valence-electron chi connectivity index (χ2n) is 5.25. The Labute approximate surface area is 130 Å². The van der Waals surface area contributed by atoms with Gasteiger partial charge >= 0.3 is 0 Å². The first-order chi connectivity index (χ1) is 10.4. The Bertz CT molecular complexity index is 717. The first kappa shape index (κ1) is 15.8. The van der Waals surface area contributed by atoms with Gasteiger partial charge in [-0.1, -0.05) is 6.07 Å². The number of nitrogens with one attached hydrogen (secondary N) is 2. The van der Waals surface area contributed by atoms with Gasteiger partial charge in [-0.15, -0.1) is 0 Å². The van der Waals surface area contributed by atoms with Crippen LogP contribution in [0.4, 0.5) is 11.4 Å². The molecule has 0 aliphatic carbocycles. The average Bonchev–Trinajstić information content (AvgIpc) is 2.73. The predicted molar refractivity (Wildman–Crippen MR) is 88.3 cm³/mol. The van der Waals surface area contributed by atoms with Gasteiger partial charge in [0.1, 0.15) is 0 Å². The van der Waals surface area contributed by atoms with Crippen molar-refractivity contribution in [3.05, 3.63) is 47.3 Å². The Morgan fingerprint density at radius 2 is 1.73 bits per heavy atom. The Hall–Kier alpha value is -2.56. The molecule has 0 saturated heterocycles. The zero-order valence-corrected chi connectivity index (χ0v) is 13.4. The van der Waals surface area contributed by atoms with Crippen LogP contribution in [0.15, 0.2) is 30.3 Å². The smallest absolute Gasteiger partial charge is 0.257 e. The van der Waals surface area contributed by atoms with Crippen molar-refractivity contribution in [2.24, 2.45) is 0 Å². The summed E-state index contributed by atoms with van der Waals surface area (Å²) in [5, 5.41) is 5.57. The van der Waals surface area contributed by atoms with Crippen LogP contribution in [-0.4, -0.2) is 16.4 Å². The summed E-state index contributed by atoms with van der Waals surface area (Å²) < 4.78 is 2.10. The summed E-state index contributed by atoms with van der Waals surface area (Å²) in [4.78, 5) is 23.5. The van der Waals surface area contributed by atoms with Crippen molar-refractivity contribution in [2.75, 3.05) is 10.6 Å². The lowest BCUT2D eigenvalue weighted by Gasteiger charge is -2.09. The van der Waals surface area contributed by atoms with Crippen LogP contribution in [0.25, 0.3) is 0 Å². The molecule has 1 heterocycles. The van der Waals surface area contributed by atoms with Crippen molar-refractivity contribution >= 4 is 23.2 Å². The summed E-state index contributed by atoms with van der Waals surface area (Å²) in [6.45, 7) is 8.27.